The van der Waals surface area contributed by atoms with Crippen molar-refractivity contribution in [2.75, 3.05) is 26.7 Å². The lowest BCUT2D eigenvalue weighted by Crippen LogP contribution is -2.42. The SMILES string of the molecule is CN1CCOC(C(O)c2ccc(Cl)s2)C1. The second-order valence-electron chi connectivity index (χ2n) is 3.76. The minimum atomic E-state index is -0.565. The molecular weight excluding hydrogens is 234 g/mol. The summed E-state index contributed by atoms with van der Waals surface area (Å²) in [4.78, 5) is 3.03. The molecule has 2 unspecified atom stereocenters. The standard InChI is InChI=1S/C10H14ClNO2S/c1-12-4-5-14-7(6-12)10(13)8-2-3-9(11)15-8/h2-3,7,10,13H,4-6H2,1H3. The van der Waals surface area contributed by atoms with Gasteiger partial charge in [0.15, 0.2) is 0 Å². The normalized spacial score (nSPS) is 25.4. The lowest BCUT2D eigenvalue weighted by atomic mass is 10.1. The van der Waals surface area contributed by atoms with Crippen LogP contribution < -0.4 is 0 Å². The van der Waals surface area contributed by atoms with E-state index in [1.807, 2.05) is 13.1 Å². The van der Waals surface area contributed by atoms with Gasteiger partial charge in [-0.2, -0.15) is 0 Å². The van der Waals surface area contributed by atoms with E-state index in [1.165, 1.54) is 11.3 Å². The molecule has 0 radical (unpaired) electrons. The van der Waals surface area contributed by atoms with E-state index in [2.05, 4.69) is 4.90 Å². The zero-order valence-corrected chi connectivity index (χ0v) is 10.1. The van der Waals surface area contributed by atoms with Crippen molar-refractivity contribution in [3.05, 3.63) is 21.3 Å². The highest BCUT2D eigenvalue weighted by Crippen LogP contribution is 2.30. The Morgan fingerprint density at radius 3 is 3.07 bits per heavy atom. The van der Waals surface area contributed by atoms with Gasteiger partial charge in [-0.1, -0.05) is 11.6 Å². The van der Waals surface area contributed by atoms with Crippen molar-refractivity contribution in [2.24, 2.45) is 0 Å². The van der Waals surface area contributed by atoms with Gasteiger partial charge in [0.2, 0.25) is 0 Å². The Morgan fingerprint density at radius 1 is 1.67 bits per heavy atom. The Kier molecular flexibility index (Phi) is 3.64. The van der Waals surface area contributed by atoms with Crippen LogP contribution in [0.2, 0.25) is 4.34 Å². The van der Waals surface area contributed by atoms with Gasteiger partial charge >= 0.3 is 0 Å². The van der Waals surface area contributed by atoms with Gasteiger partial charge in [-0.15, -0.1) is 11.3 Å². The third kappa shape index (κ3) is 2.71. The topological polar surface area (TPSA) is 32.7 Å². The molecule has 0 aromatic carbocycles. The van der Waals surface area contributed by atoms with Gasteiger partial charge in [-0.05, 0) is 19.2 Å². The molecule has 2 heterocycles. The molecule has 1 aromatic rings. The van der Waals surface area contributed by atoms with Crippen molar-refractivity contribution in [3.63, 3.8) is 0 Å². The minimum Gasteiger partial charge on any atom is -0.385 e. The number of hydrogen-bond acceptors (Lipinski definition) is 4. The third-order valence-corrected chi connectivity index (χ3v) is 3.84. The summed E-state index contributed by atoms with van der Waals surface area (Å²) < 4.78 is 6.25. The number of halogens is 1. The zero-order valence-electron chi connectivity index (χ0n) is 8.52. The van der Waals surface area contributed by atoms with Crippen LogP contribution in [0.4, 0.5) is 0 Å². The van der Waals surface area contributed by atoms with Crippen molar-refractivity contribution in [3.8, 4) is 0 Å². The summed E-state index contributed by atoms with van der Waals surface area (Å²) in [5, 5.41) is 10.1. The molecule has 1 N–H and O–H groups in total. The molecule has 1 aliphatic rings. The molecule has 5 heteroatoms. The average Bonchev–Trinajstić information content (AvgIpc) is 2.64. The van der Waals surface area contributed by atoms with Gasteiger partial charge in [-0.3, -0.25) is 0 Å². The van der Waals surface area contributed by atoms with Gasteiger partial charge in [0.25, 0.3) is 0 Å². The van der Waals surface area contributed by atoms with Gasteiger partial charge in [0.05, 0.1) is 10.9 Å². The van der Waals surface area contributed by atoms with E-state index in [9.17, 15) is 5.11 Å². The fourth-order valence-electron chi connectivity index (χ4n) is 1.67. The Bertz CT molecular complexity index is 331. The van der Waals surface area contributed by atoms with E-state index in [1.54, 1.807) is 6.07 Å². The summed E-state index contributed by atoms with van der Waals surface area (Å²) in [7, 11) is 2.03. The Balaban J connectivity index is 2.03. The van der Waals surface area contributed by atoms with E-state index >= 15 is 0 Å². The van der Waals surface area contributed by atoms with Crippen molar-refractivity contribution in [2.45, 2.75) is 12.2 Å². The molecule has 2 atom stereocenters. The number of ether oxygens (including phenoxy) is 1. The molecule has 0 saturated carbocycles. The number of aliphatic hydroxyl groups excluding tert-OH is 1. The minimum absolute atomic E-state index is 0.140. The Hall–Kier alpha value is -0.130. The fraction of sp³-hybridized carbons (Fsp3) is 0.600. The molecule has 1 aliphatic heterocycles. The zero-order chi connectivity index (χ0) is 10.8. The molecule has 1 saturated heterocycles. The van der Waals surface area contributed by atoms with Crippen LogP contribution in [0.3, 0.4) is 0 Å². The molecule has 0 spiro atoms. The summed E-state index contributed by atoms with van der Waals surface area (Å²) in [6.45, 7) is 2.36. The molecule has 1 fully saturated rings. The third-order valence-electron chi connectivity index (χ3n) is 2.53. The van der Waals surface area contributed by atoms with Gasteiger partial charge in [-0.25, -0.2) is 0 Å². The maximum absolute atomic E-state index is 10.1. The first kappa shape index (κ1) is 11.4. The van der Waals surface area contributed by atoms with Crippen LogP contribution in [-0.2, 0) is 4.74 Å². The Morgan fingerprint density at radius 2 is 2.47 bits per heavy atom. The number of likely N-dealkylation sites (N-methyl/N-ethyl adjacent to an activating group) is 1. The van der Waals surface area contributed by atoms with E-state index in [0.717, 1.165) is 18.0 Å². The summed E-state index contributed by atoms with van der Waals surface area (Å²) in [6.07, 6.45) is -0.705. The first-order valence-corrected chi connectivity index (χ1v) is 6.09. The van der Waals surface area contributed by atoms with Crippen molar-refractivity contribution in [1.29, 1.82) is 0 Å². The molecule has 84 valence electrons. The van der Waals surface area contributed by atoms with Crippen LogP contribution in [0.1, 0.15) is 11.0 Å². The molecular formula is C10H14ClNO2S. The number of thiophene rings is 1. The molecule has 0 amide bonds. The Labute approximate surface area is 98.2 Å². The first-order valence-electron chi connectivity index (χ1n) is 4.90. The summed E-state index contributed by atoms with van der Waals surface area (Å²) in [5.41, 5.74) is 0. The molecule has 15 heavy (non-hydrogen) atoms. The van der Waals surface area contributed by atoms with Crippen molar-refractivity contribution in [1.82, 2.24) is 4.90 Å². The summed E-state index contributed by atoms with van der Waals surface area (Å²) in [5.74, 6) is 0. The highest BCUT2D eigenvalue weighted by molar-refractivity contribution is 7.16. The van der Waals surface area contributed by atoms with Crippen LogP contribution in [0, 0.1) is 0 Å². The predicted molar refractivity (Wildman–Crippen MR) is 61.5 cm³/mol. The summed E-state index contributed by atoms with van der Waals surface area (Å²) in [6, 6.07) is 3.66. The largest absolute Gasteiger partial charge is 0.385 e. The summed E-state index contributed by atoms with van der Waals surface area (Å²) >= 11 is 7.24. The quantitative estimate of drug-likeness (QED) is 0.865. The average molecular weight is 248 g/mol. The maximum atomic E-state index is 10.1. The monoisotopic (exact) mass is 247 g/mol. The maximum Gasteiger partial charge on any atom is 0.116 e. The van der Waals surface area contributed by atoms with E-state index in [4.69, 9.17) is 16.3 Å². The second-order valence-corrected chi connectivity index (χ2v) is 5.50. The first-order chi connectivity index (χ1) is 7.16. The van der Waals surface area contributed by atoms with Crippen LogP contribution >= 0.6 is 22.9 Å². The number of nitrogens with zero attached hydrogens (tertiary/aromatic N) is 1. The van der Waals surface area contributed by atoms with E-state index in [-0.39, 0.29) is 6.10 Å². The number of aliphatic hydroxyl groups is 1. The molecule has 0 aliphatic carbocycles. The molecule has 1 aromatic heterocycles. The number of rotatable bonds is 2. The highest BCUT2D eigenvalue weighted by Gasteiger charge is 2.27. The second kappa shape index (κ2) is 4.80. The van der Waals surface area contributed by atoms with Crippen LogP contribution in [0.25, 0.3) is 0 Å². The molecule has 0 bridgehead atoms. The van der Waals surface area contributed by atoms with E-state index < -0.39 is 6.10 Å². The predicted octanol–water partition coefficient (Wildman–Crippen LogP) is 1.77. The van der Waals surface area contributed by atoms with Gasteiger partial charge in [0, 0.05) is 18.0 Å². The van der Waals surface area contributed by atoms with Crippen molar-refractivity contribution >= 4 is 22.9 Å². The number of hydrogen-bond donors (Lipinski definition) is 1. The van der Waals surface area contributed by atoms with Gasteiger partial charge in [0.1, 0.15) is 12.2 Å². The molecule has 3 nitrogen and oxygen atoms in total. The van der Waals surface area contributed by atoms with Crippen LogP contribution in [-0.4, -0.2) is 42.9 Å². The molecule has 2 rings (SSSR count). The fourth-order valence-corrected chi connectivity index (χ4v) is 2.77. The highest BCUT2D eigenvalue weighted by atomic mass is 35.5. The smallest absolute Gasteiger partial charge is 0.116 e. The van der Waals surface area contributed by atoms with Gasteiger partial charge < -0.3 is 14.7 Å². The van der Waals surface area contributed by atoms with Crippen LogP contribution in [0.5, 0.6) is 0 Å². The lowest BCUT2D eigenvalue weighted by molar-refractivity contribution is -0.0833. The lowest BCUT2D eigenvalue weighted by Gasteiger charge is -2.32. The van der Waals surface area contributed by atoms with Crippen LogP contribution in [0.15, 0.2) is 12.1 Å². The number of morpholine rings is 1. The van der Waals surface area contributed by atoms with E-state index in [0.29, 0.717) is 10.9 Å². The van der Waals surface area contributed by atoms with Crippen molar-refractivity contribution < 1.29 is 9.84 Å².